The molecule has 94 valence electrons. The Kier molecular flexibility index (Phi) is 3.28. The fourth-order valence-electron chi connectivity index (χ4n) is 2.43. The van der Waals surface area contributed by atoms with E-state index in [-0.39, 0.29) is 0 Å². The summed E-state index contributed by atoms with van der Waals surface area (Å²) in [5, 5.41) is 0. The van der Waals surface area contributed by atoms with Gasteiger partial charge >= 0.3 is 0 Å². The number of nitrogens with zero attached hydrogens (tertiary/aromatic N) is 1. The molecule has 0 aromatic heterocycles. The van der Waals surface area contributed by atoms with Crippen LogP contribution < -0.4 is 0 Å². The molecule has 1 heterocycles. The molecule has 0 bridgehead atoms. The third kappa shape index (κ3) is 2.50. The van der Waals surface area contributed by atoms with Crippen LogP contribution in [0.15, 0.2) is 65.7 Å². The topological polar surface area (TPSA) is 12.4 Å². The van der Waals surface area contributed by atoms with Gasteiger partial charge in [-0.2, -0.15) is 0 Å². The molecule has 0 radical (unpaired) electrons. The number of benzene rings is 2. The predicted octanol–water partition coefficient (Wildman–Crippen LogP) is 4.81. The summed E-state index contributed by atoms with van der Waals surface area (Å²) in [6, 6.07) is 19.0. The van der Waals surface area contributed by atoms with Crippen molar-refractivity contribution in [1.82, 2.24) is 0 Å². The summed E-state index contributed by atoms with van der Waals surface area (Å²) in [4.78, 5) is 4.57. The Hall–Kier alpha value is -2.15. The lowest BCUT2D eigenvalue weighted by Crippen LogP contribution is -1.99. The van der Waals surface area contributed by atoms with Crippen LogP contribution in [0.2, 0.25) is 0 Å². The highest BCUT2D eigenvalue weighted by molar-refractivity contribution is 5.85. The molecule has 0 amide bonds. The maximum absolute atomic E-state index is 4.57. The zero-order valence-electron chi connectivity index (χ0n) is 11.1. The van der Waals surface area contributed by atoms with Gasteiger partial charge in [-0.15, -0.1) is 0 Å². The third-order valence-electron chi connectivity index (χ3n) is 3.44. The predicted molar refractivity (Wildman–Crippen MR) is 82.1 cm³/mol. The zero-order valence-corrected chi connectivity index (χ0v) is 11.1. The monoisotopic (exact) mass is 247 g/mol. The van der Waals surface area contributed by atoms with Gasteiger partial charge in [0.2, 0.25) is 0 Å². The highest BCUT2D eigenvalue weighted by Gasteiger charge is 2.11. The maximum Gasteiger partial charge on any atom is 0.0667 e. The van der Waals surface area contributed by atoms with Crippen molar-refractivity contribution in [2.24, 2.45) is 10.9 Å². The van der Waals surface area contributed by atoms with Crippen molar-refractivity contribution >= 4 is 11.9 Å². The maximum atomic E-state index is 4.57. The summed E-state index contributed by atoms with van der Waals surface area (Å²) in [7, 11) is 0. The Morgan fingerprint density at radius 2 is 1.58 bits per heavy atom. The van der Waals surface area contributed by atoms with Gasteiger partial charge in [0.15, 0.2) is 0 Å². The van der Waals surface area contributed by atoms with Crippen LogP contribution in [0, 0.1) is 5.92 Å². The second-order valence-corrected chi connectivity index (χ2v) is 4.99. The normalized spacial score (nSPS) is 18.2. The molecule has 1 unspecified atom stereocenters. The number of rotatable bonds is 2. The first-order valence-electron chi connectivity index (χ1n) is 6.74. The number of hydrogen-bond donors (Lipinski definition) is 0. The van der Waals surface area contributed by atoms with Crippen LogP contribution in [-0.2, 0) is 0 Å². The van der Waals surface area contributed by atoms with Crippen LogP contribution in [0.3, 0.4) is 0 Å². The summed E-state index contributed by atoms with van der Waals surface area (Å²) in [5.74, 6) is 0.566. The van der Waals surface area contributed by atoms with E-state index in [1.165, 1.54) is 16.7 Å². The first-order valence-corrected chi connectivity index (χ1v) is 6.74. The Bertz CT molecular complexity index is 623. The van der Waals surface area contributed by atoms with Crippen LogP contribution in [0.4, 0.5) is 0 Å². The van der Waals surface area contributed by atoms with Gasteiger partial charge in [-0.05, 0) is 23.5 Å². The molecular formula is C18H17N. The minimum absolute atomic E-state index is 0.566. The first-order chi connectivity index (χ1) is 9.34. The van der Waals surface area contributed by atoms with E-state index in [9.17, 15) is 0 Å². The molecule has 0 fully saturated rings. The van der Waals surface area contributed by atoms with Gasteiger partial charge in [0.25, 0.3) is 0 Å². The van der Waals surface area contributed by atoms with E-state index in [0.717, 1.165) is 12.1 Å². The average Bonchev–Trinajstić information content (AvgIpc) is 2.48. The Morgan fingerprint density at radius 3 is 2.32 bits per heavy atom. The molecule has 0 saturated carbocycles. The van der Waals surface area contributed by atoms with Crippen molar-refractivity contribution in [1.29, 1.82) is 0 Å². The third-order valence-corrected chi connectivity index (χ3v) is 3.44. The summed E-state index contributed by atoms with van der Waals surface area (Å²) in [5.41, 5.74) is 4.81. The first kappa shape index (κ1) is 11.9. The fourth-order valence-corrected chi connectivity index (χ4v) is 2.43. The summed E-state index contributed by atoms with van der Waals surface area (Å²) in [6.07, 6.45) is 5.33. The van der Waals surface area contributed by atoms with Crippen LogP contribution >= 0.6 is 0 Å². The van der Waals surface area contributed by atoms with Crippen molar-refractivity contribution < 1.29 is 0 Å². The van der Waals surface area contributed by atoms with E-state index in [1.54, 1.807) is 0 Å². The van der Waals surface area contributed by atoms with Crippen LogP contribution in [-0.4, -0.2) is 6.21 Å². The summed E-state index contributed by atoms with van der Waals surface area (Å²) >= 11 is 0. The van der Waals surface area contributed by atoms with Gasteiger partial charge in [0.05, 0.1) is 5.70 Å². The SMILES string of the molecule is CC1C=C(c2ccccc2-c2ccccc2)N=CC1. The minimum Gasteiger partial charge on any atom is -0.261 e. The smallest absolute Gasteiger partial charge is 0.0667 e. The molecule has 0 spiro atoms. The molecular weight excluding hydrogens is 230 g/mol. The van der Waals surface area contributed by atoms with Gasteiger partial charge in [-0.25, -0.2) is 0 Å². The van der Waals surface area contributed by atoms with Crippen LogP contribution in [0.25, 0.3) is 16.8 Å². The van der Waals surface area contributed by atoms with Gasteiger partial charge in [0, 0.05) is 11.8 Å². The fraction of sp³-hybridized carbons (Fsp3) is 0.167. The lowest BCUT2D eigenvalue weighted by atomic mass is 9.94. The van der Waals surface area contributed by atoms with E-state index in [0.29, 0.717) is 5.92 Å². The van der Waals surface area contributed by atoms with Gasteiger partial charge in [0.1, 0.15) is 0 Å². The molecule has 2 aromatic rings. The summed E-state index contributed by atoms with van der Waals surface area (Å²) < 4.78 is 0. The standard InChI is InChI=1S/C18H17N/c1-14-11-12-19-18(13-14)17-10-6-5-9-16(17)15-7-3-2-4-8-15/h2-10,12-14H,11H2,1H3. The van der Waals surface area contributed by atoms with Gasteiger partial charge in [-0.3, -0.25) is 4.99 Å². The summed E-state index contributed by atoms with van der Waals surface area (Å²) in [6.45, 7) is 2.23. The second-order valence-electron chi connectivity index (χ2n) is 4.99. The van der Waals surface area contributed by atoms with Crippen molar-refractivity contribution in [2.45, 2.75) is 13.3 Å². The molecule has 1 atom stereocenters. The van der Waals surface area contributed by atoms with Crippen molar-refractivity contribution in [3.05, 3.63) is 66.2 Å². The quantitative estimate of drug-likeness (QED) is 0.722. The van der Waals surface area contributed by atoms with E-state index in [4.69, 9.17) is 0 Å². The largest absolute Gasteiger partial charge is 0.261 e. The van der Waals surface area contributed by atoms with E-state index in [1.807, 2.05) is 12.3 Å². The molecule has 1 nitrogen and oxygen atoms in total. The molecule has 2 aromatic carbocycles. The number of allylic oxidation sites excluding steroid dienone is 1. The molecule has 3 rings (SSSR count). The molecule has 1 aliphatic heterocycles. The second kappa shape index (κ2) is 5.23. The molecule has 0 aliphatic carbocycles. The number of hydrogen-bond acceptors (Lipinski definition) is 1. The van der Waals surface area contributed by atoms with E-state index in [2.05, 4.69) is 66.5 Å². The number of aliphatic imine (C=N–C) groups is 1. The Balaban J connectivity index is 2.11. The van der Waals surface area contributed by atoms with Crippen molar-refractivity contribution in [2.75, 3.05) is 0 Å². The van der Waals surface area contributed by atoms with Gasteiger partial charge in [-0.1, -0.05) is 67.6 Å². The molecule has 19 heavy (non-hydrogen) atoms. The average molecular weight is 247 g/mol. The molecule has 0 saturated heterocycles. The Morgan fingerprint density at radius 1 is 0.895 bits per heavy atom. The minimum atomic E-state index is 0.566. The highest BCUT2D eigenvalue weighted by Crippen LogP contribution is 2.31. The zero-order chi connectivity index (χ0) is 13.1. The van der Waals surface area contributed by atoms with Gasteiger partial charge < -0.3 is 0 Å². The van der Waals surface area contributed by atoms with E-state index >= 15 is 0 Å². The van der Waals surface area contributed by atoms with Crippen molar-refractivity contribution in [3.8, 4) is 11.1 Å². The molecule has 0 N–H and O–H groups in total. The molecule has 1 heteroatoms. The van der Waals surface area contributed by atoms with Crippen LogP contribution in [0.5, 0.6) is 0 Å². The van der Waals surface area contributed by atoms with Crippen molar-refractivity contribution in [3.63, 3.8) is 0 Å². The van der Waals surface area contributed by atoms with Crippen LogP contribution in [0.1, 0.15) is 18.9 Å². The highest BCUT2D eigenvalue weighted by atomic mass is 14.7. The molecule has 1 aliphatic rings. The Labute approximate surface area is 114 Å². The lowest BCUT2D eigenvalue weighted by Gasteiger charge is -2.15. The van der Waals surface area contributed by atoms with E-state index < -0.39 is 0 Å². The lowest BCUT2D eigenvalue weighted by molar-refractivity contribution is 0.769.